The van der Waals surface area contributed by atoms with E-state index in [1.807, 2.05) is 13.8 Å². The van der Waals surface area contributed by atoms with Gasteiger partial charge in [-0.15, -0.1) is 0 Å². The number of aromatic nitrogens is 1. The second-order valence-corrected chi connectivity index (χ2v) is 5.08. The van der Waals surface area contributed by atoms with Gasteiger partial charge in [0, 0.05) is 11.6 Å². The highest BCUT2D eigenvalue weighted by molar-refractivity contribution is 5.97. The molecule has 1 unspecified atom stereocenters. The van der Waals surface area contributed by atoms with Crippen LogP contribution in [0.2, 0.25) is 0 Å². The minimum atomic E-state index is -1.12. The fraction of sp³-hybridized carbons (Fsp3) is 0.357. The molecule has 7 nitrogen and oxygen atoms in total. The lowest BCUT2D eigenvalue weighted by molar-refractivity contribution is -0.138. The van der Waals surface area contributed by atoms with Crippen molar-refractivity contribution >= 4 is 28.7 Å². The first-order valence-electron chi connectivity index (χ1n) is 6.55. The molecule has 0 radical (unpaired) electrons. The van der Waals surface area contributed by atoms with Gasteiger partial charge in [-0.25, -0.2) is 4.98 Å². The molecule has 1 amide bonds. The summed E-state index contributed by atoms with van der Waals surface area (Å²) in [5.74, 6) is -0.883. The maximum Gasteiger partial charge on any atom is 0.305 e. The molecule has 0 aliphatic rings. The normalized spacial score (nSPS) is 12.6. The van der Waals surface area contributed by atoms with Crippen LogP contribution >= 0.6 is 0 Å². The van der Waals surface area contributed by atoms with Gasteiger partial charge in [0.2, 0.25) is 5.91 Å². The van der Waals surface area contributed by atoms with Crippen LogP contribution in [-0.4, -0.2) is 28.0 Å². The van der Waals surface area contributed by atoms with E-state index in [4.69, 9.17) is 15.3 Å². The first-order valence-corrected chi connectivity index (χ1v) is 6.55. The van der Waals surface area contributed by atoms with Crippen molar-refractivity contribution < 1.29 is 19.1 Å². The molecule has 2 rings (SSSR count). The molecule has 0 saturated heterocycles. The summed E-state index contributed by atoms with van der Waals surface area (Å²) >= 11 is 0. The van der Waals surface area contributed by atoms with E-state index in [1.54, 1.807) is 18.2 Å². The summed E-state index contributed by atoms with van der Waals surface area (Å²) in [5.41, 5.74) is 7.25. The van der Waals surface area contributed by atoms with E-state index in [-0.39, 0.29) is 5.92 Å². The Kier molecular flexibility index (Phi) is 4.23. The maximum atomic E-state index is 11.8. The van der Waals surface area contributed by atoms with Crippen LogP contribution in [0.4, 0.5) is 5.69 Å². The van der Waals surface area contributed by atoms with Gasteiger partial charge in [-0.3, -0.25) is 9.59 Å². The average Bonchev–Trinajstić information content (AvgIpc) is 2.81. The van der Waals surface area contributed by atoms with Crippen LogP contribution in [0.25, 0.3) is 11.1 Å². The second kappa shape index (κ2) is 5.92. The van der Waals surface area contributed by atoms with E-state index in [0.29, 0.717) is 22.7 Å². The van der Waals surface area contributed by atoms with Crippen molar-refractivity contribution in [3.63, 3.8) is 0 Å². The van der Waals surface area contributed by atoms with Gasteiger partial charge in [-0.2, -0.15) is 0 Å². The van der Waals surface area contributed by atoms with Gasteiger partial charge in [0.25, 0.3) is 0 Å². The molecule has 0 bridgehead atoms. The highest BCUT2D eigenvalue weighted by Gasteiger charge is 2.17. The summed E-state index contributed by atoms with van der Waals surface area (Å²) < 4.78 is 5.56. The molecular weight excluding hydrogens is 274 g/mol. The second-order valence-electron chi connectivity index (χ2n) is 5.08. The number of nitrogens with one attached hydrogen (secondary N) is 1. The Morgan fingerprint density at radius 3 is 2.76 bits per heavy atom. The third-order valence-electron chi connectivity index (χ3n) is 2.90. The van der Waals surface area contributed by atoms with Crippen LogP contribution in [0, 0.1) is 0 Å². The van der Waals surface area contributed by atoms with Crippen LogP contribution in [-0.2, 0) is 9.59 Å². The number of carbonyl (C=O) groups excluding carboxylic acids is 1. The number of aliphatic carboxylic acids is 1. The van der Waals surface area contributed by atoms with Crippen molar-refractivity contribution in [2.24, 2.45) is 5.73 Å². The maximum absolute atomic E-state index is 11.8. The van der Waals surface area contributed by atoms with Gasteiger partial charge < -0.3 is 20.6 Å². The van der Waals surface area contributed by atoms with Gasteiger partial charge >= 0.3 is 5.97 Å². The van der Waals surface area contributed by atoms with Crippen molar-refractivity contribution in [3.05, 3.63) is 24.1 Å². The minimum absolute atomic E-state index is 0.166. The first-order chi connectivity index (χ1) is 9.86. The number of carboxylic acids is 1. The molecule has 112 valence electrons. The highest BCUT2D eigenvalue weighted by Crippen LogP contribution is 2.23. The number of fused-ring (bicyclic) bond motifs is 1. The number of hydrogen-bond donors (Lipinski definition) is 3. The molecular formula is C14H17N3O4. The van der Waals surface area contributed by atoms with Gasteiger partial charge in [-0.1, -0.05) is 13.8 Å². The lowest BCUT2D eigenvalue weighted by atomic mass is 10.2. The summed E-state index contributed by atoms with van der Waals surface area (Å²) in [6.45, 7) is 3.94. The molecule has 1 aromatic heterocycles. The van der Waals surface area contributed by atoms with E-state index in [9.17, 15) is 9.59 Å². The van der Waals surface area contributed by atoms with E-state index in [2.05, 4.69) is 10.3 Å². The Hall–Kier alpha value is -2.41. The summed E-state index contributed by atoms with van der Waals surface area (Å²) in [4.78, 5) is 26.6. The van der Waals surface area contributed by atoms with Crippen molar-refractivity contribution in [1.29, 1.82) is 0 Å². The molecule has 0 spiro atoms. The Bertz CT molecular complexity index is 678. The third kappa shape index (κ3) is 3.57. The van der Waals surface area contributed by atoms with E-state index >= 15 is 0 Å². The van der Waals surface area contributed by atoms with Crippen LogP contribution in [0.3, 0.4) is 0 Å². The Balaban J connectivity index is 2.15. The summed E-state index contributed by atoms with van der Waals surface area (Å²) in [5, 5.41) is 11.2. The zero-order valence-electron chi connectivity index (χ0n) is 11.8. The number of carboxylic acid groups (broad SMARTS) is 1. The number of carbonyl (C=O) groups is 2. The third-order valence-corrected chi connectivity index (χ3v) is 2.90. The van der Waals surface area contributed by atoms with Gasteiger partial charge in [0.1, 0.15) is 5.52 Å². The Morgan fingerprint density at radius 1 is 1.43 bits per heavy atom. The lowest BCUT2D eigenvalue weighted by Crippen LogP contribution is -2.37. The molecule has 7 heteroatoms. The SMILES string of the molecule is CC(C)c1nc2cc(NC(=O)C(N)CC(=O)O)ccc2o1. The number of anilines is 1. The first kappa shape index (κ1) is 15.0. The van der Waals surface area contributed by atoms with Gasteiger partial charge in [0.05, 0.1) is 12.5 Å². The topological polar surface area (TPSA) is 118 Å². The predicted octanol–water partition coefficient (Wildman–Crippen LogP) is 1.69. The lowest BCUT2D eigenvalue weighted by Gasteiger charge is -2.09. The van der Waals surface area contributed by atoms with Crippen molar-refractivity contribution in [2.45, 2.75) is 32.2 Å². The largest absolute Gasteiger partial charge is 0.481 e. The number of benzene rings is 1. The Morgan fingerprint density at radius 2 is 2.14 bits per heavy atom. The molecule has 1 atom stereocenters. The molecule has 0 fully saturated rings. The predicted molar refractivity (Wildman–Crippen MR) is 77.0 cm³/mol. The molecule has 0 aliphatic carbocycles. The van der Waals surface area contributed by atoms with Crippen LogP contribution in [0.5, 0.6) is 0 Å². The number of nitrogens with two attached hydrogens (primary N) is 1. The minimum Gasteiger partial charge on any atom is -0.481 e. The number of rotatable bonds is 5. The molecule has 2 aromatic rings. The van der Waals surface area contributed by atoms with Crippen LogP contribution in [0.15, 0.2) is 22.6 Å². The van der Waals surface area contributed by atoms with Gasteiger partial charge in [0.15, 0.2) is 11.5 Å². The molecule has 1 aromatic carbocycles. The number of amides is 1. The van der Waals surface area contributed by atoms with E-state index in [1.165, 1.54) is 0 Å². The zero-order chi connectivity index (χ0) is 15.6. The Labute approximate surface area is 121 Å². The smallest absolute Gasteiger partial charge is 0.305 e. The summed E-state index contributed by atoms with van der Waals surface area (Å²) in [7, 11) is 0. The van der Waals surface area contributed by atoms with Gasteiger partial charge in [-0.05, 0) is 18.2 Å². The molecule has 1 heterocycles. The van der Waals surface area contributed by atoms with E-state index in [0.717, 1.165) is 0 Å². The highest BCUT2D eigenvalue weighted by atomic mass is 16.4. The molecule has 0 aliphatic heterocycles. The standard InChI is InChI=1S/C14H17N3O4/c1-7(2)14-17-10-5-8(3-4-11(10)21-14)16-13(20)9(15)6-12(18)19/h3-5,7,9H,6,15H2,1-2H3,(H,16,20)(H,18,19). The number of nitrogens with zero attached hydrogens (tertiary/aromatic N) is 1. The fourth-order valence-electron chi connectivity index (χ4n) is 1.79. The quantitative estimate of drug-likeness (QED) is 0.771. The van der Waals surface area contributed by atoms with Crippen molar-refractivity contribution in [1.82, 2.24) is 4.98 Å². The summed E-state index contributed by atoms with van der Waals surface area (Å²) in [6, 6.07) is 3.92. The van der Waals surface area contributed by atoms with E-state index < -0.39 is 24.3 Å². The molecule has 0 saturated carbocycles. The molecule has 21 heavy (non-hydrogen) atoms. The van der Waals surface area contributed by atoms with Crippen molar-refractivity contribution in [3.8, 4) is 0 Å². The van der Waals surface area contributed by atoms with Crippen LogP contribution in [0.1, 0.15) is 32.1 Å². The van der Waals surface area contributed by atoms with Crippen LogP contribution < -0.4 is 11.1 Å². The number of oxazole rings is 1. The summed E-state index contributed by atoms with van der Waals surface area (Å²) in [6.07, 6.45) is -0.421. The average molecular weight is 291 g/mol. The zero-order valence-corrected chi connectivity index (χ0v) is 11.8. The van der Waals surface area contributed by atoms with Crippen molar-refractivity contribution in [2.75, 3.05) is 5.32 Å². The monoisotopic (exact) mass is 291 g/mol. The fourth-order valence-corrected chi connectivity index (χ4v) is 1.79. The number of hydrogen-bond acceptors (Lipinski definition) is 5. The molecule has 4 N–H and O–H groups in total.